The third kappa shape index (κ3) is 4.41. The summed E-state index contributed by atoms with van der Waals surface area (Å²) >= 11 is 0. The highest BCUT2D eigenvalue weighted by Gasteiger charge is 2.25. The van der Waals surface area contributed by atoms with E-state index in [2.05, 4.69) is 4.72 Å². The van der Waals surface area contributed by atoms with Crippen LogP contribution in [-0.2, 0) is 19.6 Å². The fraction of sp³-hybridized carbons (Fsp3) is 0.412. The van der Waals surface area contributed by atoms with Gasteiger partial charge in [-0.3, -0.25) is 9.59 Å². The second kappa shape index (κ2) is 7.08. The van der Waals surface area contributed by atoms with Gasteiger partial charge in [0.15, 0.2) is 22.9 Å². The molecule has 26 heavy (non-hydrogen) atoms. The summed E-state index contributed by atoms with van der Waals surface area (Å²) in [6, 6.07) is 4.07. The molecule has 9 heteroatoms. The van der Waals surface area contributed by atoms with E-state index in [-0.39, 0.29) is 27.4 Å². The van der Waals surface area contributed by atoms with E-state index in [1.54, 1.807) is 20.8 Å². The van der Waals surface area contributed by atoms with Crippen LogP contribution in [0.3, 0.4) is 0 Å². The van der Waals surface area contributed by atoms with Gasteiger partial charge < -0.3 is 13.9 Å². The van der Waals surface area contributed by atoms with Crippen molar-refractivity contribution in [3.63, 3.8) is 0 Å². The van der Waals surface area contributed by atoms with Gasteiger partial charge in [-0.1, -0.05) is 0 Å². The molecule has 0 fully saturated rings. The van der Waals surface area contributed by atoms with Crippen LogP contribution in [0.15, 0.2) is 27.5 Å². The predicted octanol–water partition coefficient (Wildman–Crippen LogP) is 2.26. The van der Waals surface area contributed by atoms with Crippen molar-refractivity contribution in [3.05, 3.63) is 24.0 Å². The number of ether oxygens (including phenoxy) is 2. The number of rotatable bonds is 6. The quantitative estimate of drug-likeness (QED) is 0.601. The first kappa shape index (κ1) is 19.9. The highest BCUT2D eigenvalue weighted by atomic mass is 32.2. The molecule has 2 rings (SSSR count). The molecule has 1 aromatic carbocycles. The topological polar surface area (TPSA) is 112 Å². The van der Waals surface area contributed by atoms with Crippen molar-refractivity contribution in [2.24, 2.45) is 0 Å². The Morgan fingerprint density at radius 1 is 1.23 bits per heavy atom. The minimum absolute atomic E-state index is 0.00749. The molecule has 0 aliphatic rings. The number of Topliss-reactive ketones (excluding diaryl/α,β-unsaturated/α-hetero) is 1. The molecule has 0 saturated carbocycles. The van der Waals surface area contributed by atoms with E-state index in [4.69, 9.17) is 13.9 Å². The van der Waals surface area contributed by atoms with Crippen molar-refractivity contribution < 1.29 is 31.9 Å². The van der Waals surface area contributed by atoms with Crippen LogP contribution in [0, 0.1) is 0 Å². The van der Waals surface area contributed by atoms with E-state index < -0.39 is 28.1 Å². The van der Waals surface area contributed by atoms with Crippen LogP contribution in [-0.4, -0.2) is 39.4 Å². The molecule has 2 aromatic rings. The second-order valence-corrected chi connectivity index (χ2v) is 8.32. The van der Waals surface area contributed by atoms with E-state index in [0.29, 0.717) is 5.75 Å². The molecule has 8 nitrogen and oxygen atoms in total. The van der Waals surface area contributed by atoms with E-state index in [1.165, 1.54) is 32.2 Å². The standard InChI is InChI=1S/C17H21NO7S/c1-10(19)13-8-11-14(7-6-12(23-5)16(11)24-13)26(21,22)18-9-15(20)25-17(2,3)4/h6-8,18H,9H2,1-5H3. The Labute approximate surface area is 151 Å². The summed E-state index contributed by atoms with van der Waals surface area (Å²) < 4.78 is 43.1. The number of hydrogen-bond donors (Lipinski definition) is 1. The van der Waals surface area contributed by atoms with Crippen molar-refractivity contribution in [2.45, 2.75) is 38.2 Å². The molecule has 1 aromatic heterocycles. The molecule has 1 heterocycles. The fourth-order valence-corrected chi connectivity index (χ4v) is 3.40. The van der Waals surface area contributed by atoms with Gasteiger partial charge in [0.05, 0.1) is 12.0 Å². The summed E-state index contributed by atoms with van der Waals surface area (Å²) in [6.45, 7) is 5.83. The first-order valence-corrected chi connectivity index (χ1v) is 9.26. The lowest BCUT2D eigenvalue weighted by Crippen LogP contribution is -2.34. The van der Waals surface area contributed by atoms with Gasteiger partial charge in [-0.15, -0.1) is 0 Å². The largest absolute Gasteiger partial charge is 0.493 e. The van der Waals surface area contributed by atoms with Gasteiger partial charge in [-0.25, -0.2) is 8.42 Å². The van der Waals surface area contributed by atoms with Gasteiger partial charge >= 0.3 is 5.97 Å². The summed E-state index contributed by atoms with van der Waals surface area (Å²) in [6.07, 6.45) is 0. The molecule has 0 aliphatic carbocycles. The van der Waals surface area contributed by atoms with Gasteiger partial charge in [0.2, 0.25) is 10.0 Å². The fourth-order valence-electron chi connectivity index (χ4n) is 2.25. The molecule has 0 saturated heterocycles. The number of methoxy groups -OCH3 is 1. The van der Waals surface area contributed by atoms with Crippen LogP contribution < -0.4 is 9.46 Å². The Bertz CT molecular complexity index is 951. The average molecular weight is 383 g/mol. The number of ketones is 1. The Morgan fingerprint density at radius 3 is 2.42 bits per heavy atom. The number of furan rings is 1. The number of carbonyl (C=O) groups is 2. The van der Waals surface area contributed by atoms with Crippen LogP contribution >= 0.6 is 0 Å². The molecule has 0 unspecified atom stereocenters. The van der Waals surface area contributed by atoms with E-state index >= 15 is 0 Å². The lowest BCUT2D eigenvalue weighted by molar-refractivity contribution is -0.153. The van der Waals surface area contributed by atoms with Gasteiger partial charge in [0, 0.05) is 12.3 Å². The zero-order chi connectivity index (χ0) is 19.7. The Hall–Kier alpha value is -2.39. The van der Waals surface area contributed by atoms with Crippen LogP contribution in [0.2, 0.25) is 0 Å². The number of hydrogen-bond acceptors (Lipinski definition) is 7. The van der Waals surface area contributed by atoms with Gasteiger partial charge in [0.1, 0.15) is 12.1 Å². The molecule has 0 aliphatic heterocycles. The lowest BCUT2D eigenvalue weighted by Gasteiger charge is -2.19. The highest BCUT2D eigenvalue weighted by Crippen LogP contribution is 2.33. The molecular formula is C17H21NO7S. The molecule has 0 bridgehead atoms. The molecule has 142 valence electrons. The summed E-state index contributed by atoms with van der Waals surface area (Å²) in [5.74, 6) is -0.762. The van der Waals surface area contributed by atoms with Crippen LogP contribution in [0.25, 0.3) is 11.0 Å². The Morgan fingerprint density at radius 2 is 1.88 bits per heavy atom. The van der Waals surface area contributed by atoms with E-state index in [1.807, 2.05) is 0 Å². The normalized spacial score (nSPS) is 12.2. The molecule has 1 N–H and O–H groups in total. The minimum atomic E-state index is -4.05. The van der Waals surface area contributed by atoms with Gasteiger partial charge in [0.25, 0.3) is 0 Å². The van der Waals surface area contributed by atoms with Crippen molar-refractivity contribution >= 4 is 32.7 Å². The van der Waals surface area contributed by atoms with Crippen LogP contribution in [0.5, 0.6) is 5.75 Å². The van der Waals surface area contributed by atoms with E-state index in [0.717, 1.165) is 0 Å². The summed E-state index contributed by atoms with van der Waals surface area (Å²) in [5, 5.41) is 0.186. The number of benzene rings is 1. The Kier molecular flexibility index (Phi) is 5.43. The van der Waals surface area contributed by atoms with Crippen molar-refractivity contribution in [1.82, 2.24) is 4.72 Å². The van der Waals surface area contributed by atoms with Crippen LogP contribution in [0.1, 0.15) is 38.2 Å². The molecule has 0 atom stereocenters. The Balaban J connectivity index is 2.39. The number of nitrogens with one attached hydrogen (secondary N) is 1. The molecular weight excluding hydrogens is 362 g/mol. The highest BCUT2D eigenvalue weighted by molar-refractivity contribution is 7.89. The lowest BCUT2D eigenvalue weighted by atomic mass is 10.2. The third-order valence-corrected chi connectivity index (χ3v) is 4.75. The van der Waals surface area contributed by atoms with Crippen molar-refractivity contribution in [1.29, 1.82) is 0 Å². The smallest absolute Gasteiger partial charge is 0.321 e. The number of carbonyl (C=O) groups excluding carboxylic acids is 2. The maximum absolute atomic E-state index is 12.6. The van der Waals surface area contributed by atoms with E-state index in [9.17, 15) is 18.0 Å². The first-order valence-electron chi connectivity index (χ1n) is 7.77. The minimum Gasteiger partial charge on any atom is -0.493 e. The third-order valence-electron chi connectivity index (χ3n) is 3.29. The van der Waals surface area contributed by atoms with Gasteiger partial charge in [-0.2, -0.15) is 4.72 Å². The van der Waals surface area contributed by atoms with Crippen molar-refractivity contribution in [3.8, 4) is 5.75 Å². The molecule has 0 amide bonds. The maximum Gasteiger partial charge on any atom is 0.321 e. The maximum atomic E-state index is 12.6. The summed E-state index contributed by atoms with van der Waals surface area (Å²) in [7, 11) is -2.65. The molecule has 0 radical (unpaired) electrons. The number of esters is 1. The number of fused-ring (bicyclic) bond motifs is 1. The zero-order valence-electron chi connectivity index (χ0n) is 15.2. The predicted molar refractivity (Wildman–Crippen MR) is 93.8 cm³/mol. The summed E-state index contributed by atoms with van der Waals surface area (Å²) in [5.41, 5.74) is -0.588. The van der Waals surface area contributed by atoms with Crippen molar-refractivity contribution in [2.75, 3.05) is 13.7 Å². The second-order valence-electron chi connectivity index (χ2n) is 6.59. The van der Waals surface area contributed by atoms with Gasteiger partial charge in [-0.05, 0) is 39.0 Å². The average Bonchev–Trinajstić information content (AvgIpc) is 2.95. The zero-order valence-corrected chi connectivity index (χ0v) is 16.0. The number of sulfonamides is 1. The monoisotopic (exact) mass is 383 g/mol. The SMILES string of the molecule is COc1ccc(S(=O)(=O)NCC(=O)OC(C)(C)C)c2cc(C(C)=O)oc12. The first-order chi connectivity index (χ1) is 11.9. The van der Waals surface area contributed by atoms with Crippen LogP contribution in [0.4, 0.5) is 0 Å². The summed E-state index contributed by atoms with van der Waals surface area (Å²) in [4.78, 5) is 23.2. The molecule has 0 spiro atoms.